The van der Waals surface area contributed by atoms with E-state index in [-0.39, 0.29) is 6.10 Å². The average molecular weight is 313 g/mol. The van der Waals surface area contributed by atoms with Gasteiger partial charge >= 0.3 is 0 Å². The van der Waals surface area contributed by atoms with Gasteiger partial charge in [-0.25, -0.2) is 4.85 Å². The Balaban J connectivity index is 1.63. The highest BCUT2D eigenvalue weighted by Crippen LogP contribution is 2.67. The predicted octanol–water partition coefficient (Wildman–Crippen LogP) is 5.19. The Morgan fingerprint density at radius 1 is 1.09 bits per heavy atom. The highest BCUT2D eigenvalue weighted by atomic mass is 16.3. The Bertz CT molecular complexity index is 561. The molecule has 2 nitrogen and oxygen atoms in total. The van der Waals surface area contributed by atoms with Crippen molar-refractivity contribution in [3.05, 3.63) is 23.2 Å². The van der Waals surface area contributed by atoms with Gasteiger partial charge in [-0.05, 0) is 92.3 Å². The van der Waals surface area contributed by atoms with E-state index in [0.717, 1.165) is 42.9 Å². The molecular weight excluding hydrogens is 282 g/mol. The Morgan fingerprint density at radius 3 is 2.70 bits per heavy atom. The van der Waals surface area contributed by atoms with E-state index < -0.39 is 0 Å². The van der Waals surface area contributed by atoms with Crippen molar-refractivity contribution in [3.8, 4) is 0 Å². The van der Waals surface area contributed by atoms with Crippen LogP contribution in [0.5, 0.6) is 0 Å². The van der Waals surface area contributed by atoms with Gasteiger partial charge in [-0.1, -0.05) is 19.4 Å². The number of nitrogens with zero attached hydrogens (tertiary/aromatic N) is 1. The third-order valence-corrected chi connectivity index (χ3v) is 8.71. The van der Waals surface area contributed by atoms with Gasteiger partial charge in [0.1, 0.15) is 0 Å². The number of aliphatic hydroxyl groups excluding tert-OH is 1. The summed E-state index contributed by atoms with van der Waals surface area (Å²) < 4.78 is 0. The van der Waals surface area contributed by atoms with E-state index >= 15 is 0 Å². The van der Waals surface area contributed by atoms with Gasteiger partial charge in [0.25, 0.3) is 0 Å². The quantitative estimate of drug-likeness (QED) is 0.611. The first kappa shape index (κ1) is 15.7. The van der Waals surface area contributed by atoms with Crippen molar-refractivity contribution in [1.82, 2.24) is 0 Å². The van der Waals surface area contributed by atoms with Crippen LogP contribution in [-0.2, 0) is 0 Å². The summed E-state index contributed by atoms with van der Waals surface area (Å²) >= 11 is 0. The number of fused-ring (bicyclic) bond motifs is 5. The first-order chi connectivity index (χ1) is 11.0. The van der Waals surface area contributed by atoms with E-state index in [1.165, 1.54) is 44.1 Å². The lowest BCUT2D eigenvalue weighted by atomic mass is 9.45. The minimum absolute atomic E-state index is 0.0434. The van der Waals surface area contributed by atoms with E-state index in [1.807, 2.05) is 6.20 Å². The van der Waals surface area contributed by atoms with Crippen molar-refractivity contribution >= 4 is 0 Å². The van der Waals surface area contributed by atoms with Crippen LogP contribution in [0.25, 0.3) is 4.85 Å². The normalized spacial score (nSPS) is 54.0. The van der Waals surface area contributed by atoms with Gasteiger partial charge in [-0.2, -0.15) is 0 Å². The lowest BCUT2D eigenvalue weighted by Gasteiger charge is -2.60. The lowest BCUT2D eigenvalue weighted by Crippen LogP contribution is -2.53. The summed E-state index contributed by atoms with van der Waals surface area (Å²) in [5, 5.41) is 10.1. The van der Waals surface area contributed by atoms with Crippen molar-refractivity contribution in [3.63, 3.8) is 0 Å². The lowest BCUT2D eigenvalue weighted by molar-refractivity contribution is -0.116. The molecule has 1 N–H and O–H groups in total. The maximum Gasteiger partial charge on any atom is 0.154 e. The van der Waals surface area contributed by atoms with Gasteiger partial charge in [0, 0.05) is 0 Å². The van der Waals surface area contributed by atoms with Gasteiger partial charge in [-0.3, -0.25) is 0 Å². The van der Waals surface area contributed by atoms with Crippen LogP contribution in [0.4, 0.5) is 0 Å². The SMILES string of the molecule is [C-]#[N+]/C=C1/CC[C@H]2[C@@H]3CC[C@@H]4C[C@H](O)CC[C@]4(C)[C@H]3CC[C@]12C. The van der Waals surface area contributed by atoms with Gasteiger partial charge in [0.05, 0.1) is 12.7 Å². The molecule has 0 unspecified atom stereocenters. The van der Waals surface area contributed by atoms with E-state index in [0.29, 0.717) is 10.8 Å². The zero-order valence-corrected chi connectivity index (χ0v) is 14.7. The summed E-state index contributed by atoms with van der Waals surface area (Å²) in [6, 6.07) is 0. The van der Waals surface area contributed by atoms with Crippen LogP contribution in [0, 0.1) is 41.1 Å². The minimum Gasteiger partial charge on any atom is -0.393 e. The molecule has 7 atom stereocenters. The van der Waals surface area contributed by atoms with Crippen molar-refractivity contribution in [2.75, 3.05) is 0 Å². The zero-order valence-electron chi connectivity index (χ0n) is 14.7. The highest BCUT2D eigenvalue weighted by molar-refractivity contribution is 5.25. The molecule has 0 aromatic heterocycles. The van der Waals surface area contributed by atoms with E-state index in [4.69, 9.17) is 6.57 Å². The molecule has 0 aliphatic heterocycles. The molecule has 23 heavy (non-hydrogen) atoms. The van der Waals surface area contributed by atoms with Crippen LogP contribution in [0.2, 0.25) is 0 Å². The average Bonchev–Trinajstić information content (AvgIpc) is 2.85. The molecule has 0 saturated heterocycles. The molecule has 0 bridgehead atoms. The molecule has 126 valence electrons. The maximum atomic E-state index is 10.1. The molecule has 4 aliphatic rings. The molecule has 4 saturated carbocycles. The number of hydrogen-bond acceptors (Lipinski definition) is 1. The Morgan fingerprint density at radius 2 is 1.91 bits per heavy atom. The van der Waals surface area contributed by atoms with Gasteiger partial charge < -0.3 is 5.11 Å². The van der Waals surface area contributed by atoms with Crippen molar-refractivity contribution in [2.24, 2.45) is 34.5 Å². The number of rotatable bonds is 0. The van der Waals surface area contributed by atoms with E-state index in [1.54, 1.807) is 0 Å². The standard InChI is InChI=1S/C21H31NO/c1-20-10-8-16(23)12-14(20)4-6-17-18-7-5-15(13-22-3)21(18,2)11-9-19(17)20/h13-14,16-19,23H,4-12H2,1-2H3/b15-13-/t14-,16-,17+,18+,19+,20+,21-/m1/s1. The number of allylic oxidation sites excluding steroid dienone is 1. The molecule has 4 fully saturated rings. The molecule has 0 amide bonds. The molecule has 2 heteroatoms. The van der Waals surface area contributed by atoms with E-state index in [9.17, 15) is 5.11 Å². The molecule has 0 aromatic rings. The topological polar surface area (TPSA) is 24.6 Å². The second-order valence-corrected chi connectivity index (χ2v) is 9.36. The summed E-state index contributed by atoms with van der Waals surface area (Å²) in [6.45, 7) is 12.2. The van der Waals surface area contributed by atoms with Crippen LogP contribution in [0.3, 0.4) is 0 Å². The number of aliphatic hydroxyl groups is 1. The monoisotopic (exact) mass is 313 g/mol. The summed E-state index contributed by atoms with van der Waals surface area (Å²) in [5.41, 5.74) is 2.22. The van der Waals surface area contributed by atoms with Crippen molar-refractivity contribution in [1.29, 1.82) is 0 Å². The summed E-state index contributed by atoms with van der Waals surface area (Å²) in [5.74, 6) is 3.27. The van der Waals surface area contributed by atoms with Gasteiger partial charge in [-0.15, -0.1) is 0 Å². The fourth-order valence-electron chi connectivity index (χ4n) is 7.37. The third kappa shape index (κ3) is 2.15. The molecule has 0 spiro atoms. The first-order valence-electron chi connectivity index (χ1n) is 9.73. The van der Waals surface area contributed by atoms with Crippen LogP contribution < -0.4 is 0 Å². The Labute approximate surface area is 141 Å². The molecular formula is C21H31NO. The smallest absolute Gasteiger partial charge is 0.154 e. The largest absolute Gasteiger partial charge is 0.393 e. The maximum absolute atomic E-state index is 10.1. The highest BCUT2D eigenvalue weighted by Gasteiger charge is 2.58. The van der Waals surface area contributed by atoms with Gasteiger partial charge in [0.2, 0.25) is 0 Å². The predicted molar refractivity (Wildman–Crippen MR) is 92.4 cm³/mol. The fraction of sp³-hybridized carbons (Fsp3) is 0.857. The summed E-state index contributed by atoms with van der Waals surface area (Å²) in [6.07, 6.45) is 12.9. The molecule has 0 aromatic carbocycles. The summed E-state index contributed by atoms with van der Waals surface area (Å²) in [7, 11) is 0. The summed E-state index contributed by atoms with van der Waals surface area (Å²) in [4.78, 5) is 3.61. The minimum atomic E-state index is -0.0434. The molecule has 0 heterocycles. The van der Waals surface area contributed by atoms with Crippen molar-refractivity contribution in [2.45, 2.75) is 77.7 Å². The number of hydrogen-bond donors (Lipinski definition) is 1. The van der Waals surface area contributed by atoms with Crippen LogP contribution >= 0.6 is 0 Å². The Kier molecular flexibility index (Phi) is 3.65. The van der Waals surface area contributed by atoms with Crippen LogP contribution in [0.15, 0.2) is 11.8 Å². The second kappa shape index (κ2) is 5.35. The van der Waals surface area contributed by atoms with Crippen LogP contribution in [-0.4, -0.2) is 11.2 Å². The van der Waals surface area contributed by atoms with Crippen LogP contribution in [0.1, 0.15) is 71.6 Å². The second-order valence-electron chi connectivity index (χ2n) is 9.36. The van der Waals surface area contributed by atoms with Crippen molar-refractivity contribution < 1.29 is 5.11 Å². The molecule has 0 radical (unpaired) electrons. The van der Waals surface area contributed by atoms with E-state index in [2.05, 4.69) is 18.7 Å². The zero-order chi connectivity index (χ0) is 16.2. The van der Waals surface area contributed by atoms with Gasteiger partial charge in [0.15, 0.2) is 6.20 Å². The molecule has 4 rings (SSSR count). The molecule has 4 aliphatic carbocycles. The Hall–Kier alpha value is -0.810. The fourth-order valence-corrected chi connectivity index (χ4v) is 7.37. The first-order valence-corrected chi connectivity index (χ1v) is 9.73. The third-order valence-electron chi connectivity index (χ3n) is 8.71.